The van der Waals surface area contributed by atoms with E-state index in [1.54, 1.807) is 23.5 Å². The van der Waals surface area contributed by atoms with Gasteiger partial charge in [0.2, 0.25) is 5.91 Å². The number of carbonyl (C=O) groups excluding carboxylic acids is 1. The second-order valence-corrected chi connectivity index (χ2v) is 8.32. The van der Waals surface area contributed by atoms with Gasteiger partial charge in [0.1, 0.15) is 11.6 Å². The van der Waals surface area contributed by atoms with Crippen LogP contribution in [0.15, 0.2) is 40.9 Å². The number of nitrogens with one attached hydrogen (secondary N) is 1. The van der Waals surface area contributed by atoms with Crippen molar-refractivity contribution in [3.8, 4) is 5.75 Å². The zero-order chi connectivity index (χ0) is 18.5. The molecule has 0 fully saturated rings. The van der Waals surface area contributed by atoms with Crippen molar-refractivity contribution >= 4 is 56.6 Å². The van der Waals surface area contributed by atoms with Gasteiger partial charge in [-0.05, 0) is 43.7 Å². The number of hydrogen-bond donors (Lipinski definition) is 1. The molecular formula is C18H18ClN3O2S2. The maximum Gasteiger partial charge on any atom is 0.239 e. The second kappa shape index (κ2) is 8.70. The first-order valence-corrected chi connectivity index (χ1v) is 10.3. The largest absolute Gasteiger partial charge is 0.494 e. The van der Waals surface area contributed by atoms with Gasteiger partial charge in [-0.3, -0.25) is 4.79 Å². The number of ether oxygens (including phenoxy) is 1. The Morgan fingerprint density at radius 1 is 1.35 bits per heavy atom. The lowest BCUT2D eigenvalue weighted by molar-refractivity contribution is -0.115. The summed E-state index contributed by atoms with van der Waals surface area (Å²) >= 11 is 8.85. The fourth-order valence-corrected chi connectivity index (χ4v) is 4.67. The van der Waals surface area contributed by atoms with E-state index in [1.807, 2.05) is 32.0 Å². The Kier molecular flexibility index (Phi) is 6.34. The molecule has 0 bridgehead atoms. The normalized spacial score (nSPS) is 12.1. The first kappa shape index (κ1) is 18.9. The molecule has 0 aliphatic rings. The van der Waals surface area contributed by atoms with Crippen LogP contribution in [0, 0.1) is 0 Å². The molecule has 1 amide bonds. The number of hydrogen-bond acceptors (Lipinski definition) is 6. The molecule has 0 aliphatic carbocycles. The molecule has 136 valence electrons. The Morgan fingerprint density at radius 3 is 2.88 bits per heavy atom. The molecular weight excluding hydrogens is 390 g/mol. The third-order valence-electron chi connectivity index (χ3n) is 3.54. The van der Waals surface area contributed by atoms with Crippen LogP contribution in [0.2, 0.25) is 5.02 Å². The SMILES string of the molecule is CCOc1ccc2nc(SC(CC)C(=O)Nc3ccc(Cl)cn3)sc2c1. The number of fused-ring (bicyclic) bond motifs is 1. The van der Waals surface area contributed by atoms with Gasteiger partial charge in [-0.25, -0.2) is 9.97 Å². The lowest BCUT2D eigenvalue weighted by Crippen LogP contribution is -2.24. The fourth-order valence-electron chi connectivity index (χ4n) is 2.29. The number of thioether (sulfide) groups is 1. The van der Waals surface area contributed by atoms with E-state index in [9.17, 15) is 4.79 Å². The Morgan fingerprint density at radius 2 is 2.19 bits per heavy atom. The molecule has 2 heterocycles. The summed E-state index contributed by atoms with van der Waals surface area (Å²) in [5.41, 5.74) is 0.913. The van der Waals surface area contributed by atoms with Crippen molar-refractivity contribution in [3.05, 3.63) is 41.6 Å². The molecule has 1 unspecified atom stereocenters. The van der Waals surface area contributed by atoms with Crippen molar-refractivity contribution in [2.75, 3.05) is 11.9 Å². The highest BCUT2D eigenvalue weighted by molar-refractivity contribution is 8.02. The van der Waals surface area contributed by atoms with Crippen LogP contribution in [0.5, 0.6) is 5.75 Å². The molecule has 0 spiro atoms. The molecule has 1 atom stereocenters. The van der Waals surface area contributed by atoms with Crippen LogP contribution >= 0.6 is 34.7 Å². The Balaban J connectivity index is 1.71. The molecule has 0 saturated carbocycles. The molecule has 26 heavy (non-hydrogen) atoms. The van der Waals surface area contributed by atoms with E-state index in [0.717, 1.165) is 20.3 Å². The maximum atomic E-state index is 12.5. The molecule has 3 aromatic rings. The van der Waals surface area contributed by atoms with Gasteiger partial charge in [0, 0.05) is 6.20 Å². The summed E-state index contributed by atoms with van der Waals surface area (Å²) in [5, 5.41) is 3.11. The van der Waals surface area contributed by atoms with Crippen molar-refractivity contribution in [1.29, 1.82) is 0 Å². The van der Waals surface area contributed by atoms with Crippen LogP contribution in [0.1, 0.15) is 20.3 Å². The maximum absolute atomic E-state index is 12.5. The molecule has 1 aromatic carbocycles. The van der Waals surface area contributed by atoms with E-state index in [-0.39, 0.29) is 11.2 Å². The molecule has 0 saturated heterocycles. The van der Waals surface area contributed by atoms with Gasteiger partial charge >= 0.3 is 0 Å². The number of amides is 1. The number of rotatable bonds is 7. The van der Waals surface area contributed by atoms with E-state index >= 15 is 0 Å². The van der Waals surface area contributed by atoms with E-state index in [4.69, 9.17) is 16.3 Å². The van der Waals surface area contributed by atoms with E-state index in [0.29, 0.717) is 23.9 Å². The van der Waals surface area contributed by atoms with Crippen LogP contribution in [0.25, 0.3) is 10.2 Å². The predicted molar refractivity (Wildman–Crippen MR) is 109 cm³/mol. The number of nitrogens with zero attached hydrogens (tertiary/aromatic N) is 2. The smallest absolute Gasteiger partial charge is 0.239 e. The summed E-state index contributed by atoms with van der Waals surface area (Å²) in [6.45, 7) is 4.56. The zero-order valence-corrected chi connectivity index (χ0v) is 16.7. The van der Waals surface area contributed by atoms with Crippen LogP contribution in [0.3, 0.4) is 0 Å². The Labute approximate surface area is 165 Å². The number of aromatic nitrogens is 2. The van der Waals surface area contributed by atoms with Gasteiger partial charge < -0.3 is 10.1 Å². The van der Waals surface area contributed by atoms with Gasteiger partial charge in [0.05, 0.1) is 27.1 Å². The first-order chi connectivity index (χ1) is 12.6. The molecule has 1 N–H and O–H groups in total. The highest BCUT2D eigenvalue weighted by Gasteiger charge is 2.20. The van der Waals surface area contributed by atoms with E-state index in [2.05, 4.69) is 15.3 Å². The van der Waals surface area contributed by atoms with Gasteiger partial charge in [-0.15, -0.1) is 11.3 Å². The van der Waals surface area contributed by atoms with Crippen LogP contribution in [-0.2, 0) is 4.79 Å². The number of thiazole rings is 1. The molecule has 0 aliphatic heterocycles. The first-order valence-electron chi connectivity index (χ1n) is 8.21. The minimum absolute atomic E-state index is 0.0958. The Bertz CT molecular complexity index is 899. The van der Waals surface area contributed by atoms with Crippen LogP contribution < -0.4 is 10.1 Å². The highest BCUT2D eigenvalue weighted by atomic mass is 35.5. The minimum atomic E-state index is -0.251. The Hall–Kier alpha value is -1.83. The van der Waals surface area contributed by atoms with Gasteiger partial charge in [0.15, 0.2) is 4.34 Å². The monoisotopic (exact) mass is 407 g/mol. The summed E-state index contributed by atoms with van der Waals surface area (Å²) < 4.78 is 7.44. The third kappa shape index (κ3) is 4.66. The van der Waals surface area contributed by atoms with Crippen molar-refractivity contribution in [2.45, 2.75) is 29.9 Å². The number of anilines is 1. The topological polar surface area (TPSA) is 64.1 Å². The summed E-state index contributed by atoms with van der Waals surface area (Å²) in [6.07, 6.45) is 2.19. The predicted octanol–water partition coefficient (Wildman–Crippen LogP) is 5.25. The van der Waals surface area contributed by atoms with Crippen molar-refractivity contribution < 1.29 is 9.53 Å². The molecule has 2 aromatic heterocycles. The van der Waals surface area contributed by atoms with E-state index in [1.165, 1.54) is 18.0 Å². The molecule has 8 heteroatoms. The summed E-state index contributed by atoms with van der Waals surface area (Å²) in [5.74, 6) is 1.23. The molecule has 0 radical (unpaired) electrons. The summed E-state index contributed by atoms with van der Waals surface area (Å²) in [7, 11) is 0. The van der Waals surface area contributed by atoms with Crippen molar-refractivity contribution in [1.82, 2.24) is 9.97 Å². The molecule has 3 rings (SSSR count). The highest BCUT2D eigenvalue weighted by Crippen LogP contribution is 2.35. The number of carbonyl (C=O) groups is 1. The zero-order valence-electron chi connectivity index (χ0n) is 14.4. The average molecular weight is 408 g/mol. The standard InChI is InChI=1S/C18H18ClN3O2S2/c1-3-14(17(23)22-16-8-5-11(19)10-20-16)25-18-21-13-7-6-12(24-4-2)9-15(13)26-18/h5-10,14H,3-4H2,1-2H3,(H,20,22,23). The third-order valence-corrected chi connectivity index (χ3v) is 6.24. The van der Waals surface area contributed by atoms with Crippen molar-refractivity contribution in [3.63, 3.8) is 0 Å². The lowest BCUT2D eigenvalue weighted by Gasteiger charge is -2.12. The summed E-state index contributed by atoms with van der Waals surface area (Å²) in [6, 6.07) is 9.22. The minimum Gasteiger partial charge on any atom is -0.494 e. The van der Waals surface area contributed by atoms with Gasteiger partial charge in [-0.2, -0.15) is 0 Å². The van der Waals surface area contributed by atoms with E-state index < -0.39 is 0 Å². The van der Waals surface area contributed by atoms with Gasteiger partial charge in [-0.1, -0.05) is 30.3 Å². The van der Waals surface area contributed by atoms with Crippen LogP contribution in [-0.4, -0.2) is 27.7 Å². The number of benzene rings is 1. The number of pyridine rings is 1. The fraction of sp³-hybridized carbons (Fsp3) is 0.278. The quantitative estimate of drug-likeness (QED) is 0.541. The average Bonchev–Trinajstić information content (AvgIpc) is 3.03. The van der Waals surface area contributed by atoms with Crippen LogP contribution in [0.4, 0.5) is 5.82 Å². The van der Waals surface area contributed by atoms with Gasteiger partial charge in [0.25, 0.3) is 0 Å². The molecule has 5 nitrogen and oxygen atoms in total. The second-order valence-electron chi connectivity index (χ2n) is 5.41. The van der Waals surface area contributed by atoms with Crippen molar-refractivity contribution in [2.24, 2.45) is 0 Å². The number of halogens is 1. The lowest BCUT2D eigenvalue weighted by atomic mass is 10.3. The summed E-state index contributed by atoms with van der Waals surface area (Å²) in [4.78, 5) is 21.3.